The Balaban J connectivity index is 1.51. The number of carbonyl (C=O) groups excluding carboxylic acids is 1. The minimum atomic E-state index is -2.99. The molecule has 1 aromatic carbocycles. The van der Waals surface area contributed by atoms with Crippen LogP contribution >= 0.6 is 0 Å². The molecule has 1 fully saturated rings. The number of ether oxygens (including phenoxy) is 2. The quantitative estimate of drug-likeness (QED) is 0.803. The SMILES string of the molecule is CCN(C(=O)CNCc1ccc2c(c1)OCO2)C1CCS(=O)(=O)C1. The van der Waals surface area contributed by atoms with E-state index in [9.17, 15) is 13.2 Å². The van der Waals surface area contributed by atoms with Gasteiger partial charge in [-0.15, -0.1) is 0 Å². The van der Waals surface area contributed by atoms with Gasteiger partial charge in [0.2, 0.25) is 12.7 Å². The van der Waals surface area contributed by atoms with Gasteiger partial charge in [-0.05, 0) is 31.0 Å². The highest BCUT2D eigenvalue weighted by atomic mass is 32.2. The lowest BCUT2D eigenvalue weighted by atomic mass is 10.2. The summed E-state index contributed by atoms with van der Waals surface area (Å²) in [6, 6.07) is 5.47. The van der Waals surface area contributed by atoms with Gasteiger partial charge in [0.05, 0.1) is 18.1 Å². The predicted octanol–water partition coefficient (Wildman–Crippen LogP) is 0.540. The Labute approximate surface area is 141 Å². The minimum Gasteiger partial charge on any atom is -0.454 e. The first-order valence-corrected chi connectivity index (χ1v) is 9.90. The van der Waals surface area contributed by atoms with E-state index in [2.05, 4.69) is 5.32 Å². The van der Waals surface area contributed by atoms with Crippen LogP contribution in [-0.2, 0) is 21.2 Å². The third kappa shape index (κ3) is 3.81. The third-order valence-electron chi connectivity index (χ3n) is 4.35. The van der Waals surface area contributed by atoms with Crippen LogP contribution in [0.3, 0.4) is 0 Å². The minimum absolute atomic E-state index is 0.0691. The number of likely N-dealkylation sites (N-methyl/N-ethyl adjacent to an activating group) is 1. The molecule has 0 radical (unpaired) electrons. The van der Waals surface area contributed by atoms with Crippen LogP contribution in [0.25, 0.3) is 0 Å². The van der Waals surface area contributed by atoms with Gasteiger partial charge in [-0.25, -0.2) is 8.42 Å². The van der Waals surface area contributed by atoms with Crippen molar-refractivity contribution in [3.8, 4) is 11.5 Å². The van der Waals surface area contributed by atoms with E-state index in [1.54, 1.807) is 4.90 Å². The molecule has 24 heavy (non-hydrogen) atoms. The molecule has 1 atom stereocenters. The lowest BCUT2D eigenvalue weighted by Crippen LogP contribution is -2.45. The van der Waals surface area contributed by atoms with Gasteiger partial charge in [0.1, 0.15) is 0 Å². The molecule has 2 aliphatic heterocycles. The summed E-state index contributed by atoms with van der Waals surface area (Å²) < 4.78 is 33.8. The second-order valence-corrected chi connectivity index (χ2v) is 8.26. The van der Waals surface area contributed by atoms with Crippen LogP contribution in [0.15, 0.2) is 18.2 Å². The molecule has 132 valence electrons. The molecule has 0 bridgehead atoms. The van der Waals surface area contributed by atoms with Crippen LogP contribution in [0, 0.1) is 0 Å². The number of sulfone groups is 1. The summed E-state index contributed by atoms with van der Waals surface area (Å²) in [6.45, 7) is 3.34. The fourth-order valence-electron chi connectivity index (χ4n) is 3.13. The Morgan fingerprint density at radius 3 is 2.83 bits per heavy atom. The molecule has 1 unspecified atom stereocenters. The fraction of sp³-hybridized carbons (Fsp3) is 0.562. The monoisotopic (exact) mass is 354 g/mol. The first-order chi connectivity index (χ1) is 11.5. The average molecular weight is 354 g/mol. The number of carbonyl (C=O) groups is 1. The van der Waals surface area contributed by atoms with Crippen LogP contribution in [0.2, 0.25) is 0 Å². The lowest BCUT2D eigenvalue weighted by molar-refractivity contribution is -0.131. The summed E-state index contributed by atoms with van der Waals surface area (Å²) in [5.74, 6) is 1.63. The summed E-state index contributed by atoms with van der Waals surface area (Å²) in [6.07, 6.45) is 0.532. The molecular formula is C16H22N2O5S. The molecule has 2 heterocycles. The van der Waals surface area contributed by atoms with Gasteiger partial charge in [0.15, 0.2) is 21.3 Å². The number of amides is 1. The summed E-state index contributed by atoms with van der Waals surface area (Å²) >= 11 is 0. The highest BCUT2D eigenvalue weighted by Crippen LogP contribution is 2.32. The Morgan fingerprint density at radius 1 is 1.33 bits per heavy atom. The molecule has 1 N–H and O–H groups in total. The maximum absolute atomic E-state index is 12.4. The zero-order chi connectivity index (χ0) is 17.2. The van der Waals surface area contributed by atoms with Gasteiger partial charge >= 0.3 is 0 Å². The molecule has 0 saturated carbocycles. The van der Waals surface area contributed by atoms with Gasteiger partial charge in [-0.2, -0.15) is 0 Å². The molecular weight excluding hydrogens is 332 g/mol. The Morgan fingerprint density at radius 2 is 2.12 bits per heavy atom. The second kappa shape index (κ2) is 6.98. The number of nitrogens with zero attached hydrogens (tertiary/aromatic N) is 1. The van der Waals surface area contributed by atoms with Gasteiger partial charge in [0, 0.05) is 19.1 Å². The van der Waals surface area contributed by atoms with Gasteiger partial charge in [0.25, 0.3) is 0 Å². The van der Waals surface area contributed by atoms with Crippen LogP contribution in [0.5, 0.6) is 11.5 Å². The van der Waals surface area contributed by atoms with Crippen molar-refractivity contribution >= 4 is 15.7 Å². The normalized spacial score (nSPS) is 21.0. The highest BCUT2D eigenvalue weighted by Gasteiger charge is 2.33. The molecule has 0 aliphatic carbocycles. The van der Waals surface area contributed by atoms with E-state index in [0.717, 1.165) is 11.3 Å². The molecule has 1 saturated heterocycles. The largest absolute Gasteiger partial charge is 0.454 e. The van der Waals surface area contributed by atoms with Crippen molar-refractivity contribution in [1.82, 2.24) is 10.2 Å². The van der Waals surface area contributed by atoms with Crippen molar-refractivity contribution in [2.45, 2.75) is 25.9 Å². The zero-order valence-electron chi connectivity index (χ0n) is 13.7. The Kier molecular flexibility index (Phi) is 4.96. The predicted molar refractivity (Wildman–Crippen MR) is 88.7 cm³/mol. The van der Waals surface area contributed by atoms with E-state index in [0.29, 0.717) is 25.3 Å². The average Bonchev–Trinajstić information content (AvgIpc) is 3.14. The molecule has 2 aliphatic rings. The molecule has 1 aromatic rings. The number of rotatable bonds is 6. The molecule has 1 amide bonds. The summed E-state index contributed by atoms with van der Waals surface area (Å²) in [5, 5.41) is 3.11. The first-order valence-electron chi connectivity index (χ1n) is 8.07. The van der Waals surface area contributed by atoms with Crippen molar-refractivity contribution < 1.29 is 22.7 Å². The number of hydrogen-bond acceptors (Lipinski definition) is 6. The summed E-state index contributed by atoms with van der Waals surface area (Å²) in [7, 11) is -2.99. The standard InChI is InChI=1S/C16H22N2O5S/c1-2-18(13-5-6-24(20,21)10-13)16(19)9-17-8-12-3-4-14-15(7-12)23-11-22-14/h3-4,7,13,17H,2,5-6,8-11H2,1H3. The van der Waals surface area contributed by atoms with E-state index < -0.39 is 9.84 Å². The highest BCUT2D eigenvalue weighted by molar-refractivity contribution is 7.91. The molecule has 3 rings (SSSR count). The van der Waals surface area contributed by atoms with Gasteiger partial charge in [-0.3, -0.25) is 4.79 Å². The van der Waals surface area contributed by atoms with Crippen molar-refractivity contribution in [1.29, 1.82) is 0 Å². The topological polar surface area (TPSA) is 84.9 Å². The van der Waals surface area contributed by atoms with Crippen molar-refractivity contribution in [2.24, 2.45) is 0 Å². The van der Waals surface area contributed by atoms with E-state index in [4.69, 9.17) is 9.47 Å². The Bertz CT molecular complexity index is 719. The zero-order valence-corrected chi connectivity index (χ0v) is 14.5. The smallest absolute Gasteiger partial charge is 0.236 e. The summed E-state index contributed by atoms with van der Waals surface area (Å²) in [4.78, 5) is 14.0. The first kappa shape index (κ1) is 17.0. The molecule has 0 aromatic heterocycles. The van der Waals surface area contributed by atoms with Crippen molar-refractivity contribution in [2.75, 3.05) is 31.4 Å². The van der Waals surface area contributed by atoms with Crippen LogP contribution in [-0.4, -0.2) is 56.7 Å². The van der Waals surface area contributed by atoms with Gasteiger partial charge in [-0.1, -0.05) is 6.07 Å². The van der Waals surface area contributed by atoms with E-state index in [1.165, 1.54) is 0 Å². The van der Waals surface area contributed by atoms with E-state index in [-0.39, 0.29) is 36.8 Å². The molecule has 7 nitrogen and oxygen atoms in total. The molecule has 8 heteroatoms. The number of nitrogens with one attached hydrogen (secondary N) is 1. The summed E-state index contributed by atoms with van der Waals surface area (Å²) in [5.41, 5.74) is 0.999. The van der Waals surface area contributed by atoms with Crippen LogP contribution < -0.4 is 14.8 Å². The van der Waals surface area contributed by atoms with Gasteiger partial charge < -0.3 is 19.7 Å². The van der Waals surface area contributed by atoms with Crippen LogP contribution in [0.4, 0.5) is 0 Å². The Hall–Kier alpha value is -1.80. The lowest BCUT2D eigenvalue weighted by Gasteiger charge is -2.27. The van der Waals surface area contributed by atoms with E-state index >= 15 is 0 Å². The maximum Gasteiger partial charge on any atom is 0.236 e. The van der Waals surface area contributed by atoms with Crippen molar-refractivity contribution in [3.63, 3.8) is 0 Å². The van der Waals surface area contributed by atoms with Crippen LogP contribution in [0.1, 0.15) is 18.9 Å². The molecule has 0 spiro atoms. The maximum atomic E-state index is 12.4. The van der Waals surface area contributed by atoms with Crippen molar-refractivity contribution in [3.05, 3.63) is 23.8 Å². The number of benzene rings is 1. The second-order valence-electron chi connectivity index (χ2n) is 6.03. The third-order valence-corrected chi connectivity index (χ3v) is 6.10. The number of hydrogen-bond donors (Lipinski definition) is 1. The number of fused-ring (bicyclic) bond motifs is 1. The van der Waals surface area contributed by atoms with E-state index in [1.807, 2.05) is 25.1 Å². The fourth-order valence-corrected chi connectivity index (χ4v) is 4.86.